The monoisotopic (exact) mass is 321 g/mol. The molecule has 1 saturated heterocycles. The van der Waals surface area contributed by atoms with E-state index < -0.39 is 0 Å². The molecule has 0 spiro atoms. The molecule has 2 fully saturated rings. The highest BCUT2D eigenvalue weighted by molar-refractivity contribution is 5.93. The van der Waals surface area contributed by atoms with E-state index in [1.165, 1.54) is 6.42 Å². The van der Waals surface area contributed by atoms with Gasteiger partial charge in [0.25, 0.3) is 0 Å². The first-order valence-corrected chi connectivity index (χ1v) is 8.45. The number of hydrogen-bond donors (Lipinski definition) is 1. The Morgan fingerprint density at radius 1 is 1.17 bits per heavy atom. The fraction of sp³-hybridized carbons (Fsp3) is 0.389. The Bertz CT molecular complexity index is 911. The van der Waals surface area contributed by atoms with Crippen LogP contribution in [0.4, 0.5) is 5.82 Å². The zero-order valence-corrected chi connectivity index (χ0v) is 13.6. The van der Waals surface area contributed by atoms with Crippen molar-refractivity contribution in [3.8, 4) is 17.1 Å². The number of ether oxygens (including phenoxy) is 1. The van der Waals surface area contributed by atoms with Gasteiger partial charge < -0.3 is 9.64 Å². The molecular weight excluding hydrogens is 302 g/mol. The van der Waals surface area contributed by atoms with Crippen LogP contribution in [0.2, 0.25) is 0 Å². The molecule has 3 aromatic rings. The Labute approximate surface area is 139 Å². The van der Waals surface area contributed by atoms with Crippen LogP contribution in [-0.4, -0.2) is 38.9 Å². The van der Waals surface area contributed by atoms with Gasteiger partial charge in [-0.1, -0.05) is 0 Å². The Kier molecular flexibility index (Phi) is 2.83. The molecule has 6 heteroatoms. The predicted octanol–water partition coefficient (Wildman–Crippen LogP) is 3.16. The molecule has 5 rings (SSSR count). The summed E-state index contributed by atoms with van der Waals surface area (Å²) >= 11 is 0. The summed E-state index contributed by atoms with van der Waals surface area (Å²) in [7, 11) is 0. The molecule has 0 atom stereocenters. The second-order valence-electron chi connectivity index (χ2n) is 6.93. The molecule has 1 N–H and O–H groups in total. The minimum absolute atomic E-state index is 0.0111. The standard InChI is InChI=1S/C18H19N5O/c1-18(5-6-18)24-12-3-4-14-13(9-12)17(22-21-14)15-10-16(20-11-19-15)23-7-2-8-23/h3-4,9-11H,2,5-8H2,1H3,(H,21,22). The van der Waals surface area contributed by atoms with Crippen molar-refractivity contribution in [2.24, 2.45) is 0 Å². The molecule has 0 radical (unpaired) electrons. The number of nitrogens with one attached hydrogen (secondary N) is 1. The highest BCUT2D eigenvalue weighted by atomic mass is 16.5. The number of anilines is 1. The molecule has 1 saturated carbocycles. The van der Waals surface area contributed by atoms with E-state index in [9.17, 15) is 0 Å². The lowest BCUT2D eigenvalue weighted by molar-refractivity contribution is 0.200. The van der Waals surface area contributed by atoms with E-state index in [0.717, 1.165) is 59.8 Å². The van der Waals surface area contributed by atoms with Crippen molar-refractivity contribution >= 4 is 16.7 Å². The summed E-state index contributed by atoms with van der Waals surface area (Å²) in [6.45, 7) is 4.28. The van der Waals surface area contributed by atoms with Crippen molar-refractivity contribution in [1.29, 1.82) is 0 Å². The topological polar surface area (TPSA) is 66.9 Å². The first kappa shape index (κ1) is 13.8. The maximum absolute atomic E-state index is 6.09. The maximum atomic E-state index is 6.09. The lowest BCUT2D eigenvalue weighted by Crippen LogP contribution is -2.37. The number of aromatic nitrogens is 4. The molecular formula is C18H19N5O. The van der Waals surface area contributed by atoms with E-state index in [2.05, 4.69) is 38.1 Å². The third-order valence-electron chi connectivity index (χ3n) is 4.93. The second-order valence-corrected chi connectivity index (χ2v) is 6.93. The number of fused-ring (bicyclic) bond motifs is 1. The van der Waals surface area contributed by atoms with Crippen molar-refractivity contribution in [2.75, 3.05) is 18.0 Å². The Morgan fingerprint density at radius 3 is 2.79 bits per heavy atom. The zero-order chi connectivity index (χ0) is 16.1. The van der Waals surface area contributed by atoms with E-state index in [0.29, 0.717) is 0 Å². The van der Waals surface area contributed by atoms with E-state index in [1.54, 1.807) is 6.33 Å². The maximum Gasteiger partial charge on any atom is 0.132 e. The number of aromatic amines is 1. The number of H-pyrrole nitrogens is 1. The van der Waals surface area contributed by atoms with Gasteiger partial charge in [-0.05, 0) is 44.4 Å². The highest BCUT2D eigenvalue weighted by Crippen LogP contribution is 2.40. The van der Waals surface area contributed by atoms with Crippen LogP contribution in [-0.2, 0) is 0 Å². The summed E-state index contributed by atoms with van der Waals surface area (Å²) in [5.74, 6) is 1.87. The third-order valence-corrected chi connectivity index (χ3v) is 4.93. The highest BCUT2D eigenvalue weighted by Gasteiger charge is 2.40. The average Bonchev–Trinajstić information content (AvgIpc) is 3.10. The van der Waals surface area contributed by atoms with Gasteiger partial charge in [0, 0.05) is 24.5 Å². The Morgan fingerprint density at radius 2 is 2.04 bits per heavy atom. The minimum Gasteiger partial charge on any atom is -0.488 e. The van der Waals surface area contributed by atoms with Crippen molar-refractivity contribution < 1.29 is 4.74 Å². The lowest BCUT2D eigenvalue weighted by Gasteiger charge is -2.31. The molecule has 0 amide bonds. The smallest absolute Gasteiger partial charge is 0.132 e. The summed E-state index contributed by atoms with van der Waals surface area (Å²) in [6.07, 6.45) is 5.09. The number of benzene rings is 1. The molecule has 6 nitrogen and oxygen atoms in total. The first-order chi connectivity index (χ1) is 11.7. The quantitative estimate of drug-likeness (QED) is 0.799. The second kappa shape index (κ2) is 4.93. The summed E-state index contributed by atoms with van der Waals surface area (Å²) < 4.78 is 6.09. The van der Waals surface area contributed by atoms with E-state index >= 15 is 0 Å². The first-order valence-electron chi connectivity index (χ1n) is 8.45. The van der Waals surface area contributed by atoms with E-state index in [-0.39, 0.29) is 5.60 Å². The molecule has 2 aromatic heterocycles. The number of hydrogen-bond acceptors (Lipinski definition) is 5. The van der Waals surface area contributed by atoms with Crippen LogP contribution in [0.5, 0.6) is 5.75 Å². The molecule has 1 aromatic carbocycles. The van der Waals surface area contributed by atoms with Gasteiger partial charge in [0.05, 0.1) is 16.9 Å². The van der Waals surface area contributed by atoms with Crippen LogP contribution in [0.1, 0.15) is 26.2 Å². The van der Waals surface area contributed by atoms with Crippen LogP contribution in [0.3, 0.4) is 0 Å². The van der Waals surface area contributed by atoms with Gasteiger partial charge >= 0.3 is 0 Å². The molecule has 24 heavy (non-hydrogen) atoms. The molecule has 1 aliphatic carbocycles. The van der Waals surface area contributed by atoms with Gasteiger partial charge in [-0.25, -0.2) is 9.97 Å². The average molecular weight is 321 g/mol. The SMILES string of the molecule is CC1(Oc2ccc3n[nH]c(-c4cc(N5CCC5)ncn4)c3c2)CC1. The van der Waals surface area contributed by atoms with E-state index in [1.807, 2.05) is 18.2 Å². The number of rotatable bonds is 4. The van der Waals surface area contributed by atoms with Crippen LogP contribution in [0.25, 0.3) is 22.3 Å². The van der Waals surface area contributed by atoms with Gasteiger partial charge in [0.1, 0.15) is 23.5 Å². The molecule has 122 valence electrons. The van der Waals surface area contributed by atoms with Gasteiger partial charge in [-0.2, -0.15) is 5.10 Å². The largest absolute Gasteiger partial charge is 0.488 e. The van der Waals surface area contributed by atoms with Gasteiger partial charge in [-0.15, -0.1) is 0 Å². The summed E-state index contributed by atoms with van der Waals surface area (Å²) in [6, 6.07) is 8.07. The van der Waals surface area contributed by atoms with Crippen LogP contribution < -0.4 is 9.64 Å². The fourth-order valence-electron chi connectivity index (χ4n) is 3.01. The molecule has 2 aliphatic rings. The fourth-order valence-corrected chi connectivity index (χ4v) is 3.01. The van der Waals surface area contributed by atoms with Crippen LogP contribution in [0.15, 0.2) is 30.6 Å². The zero-order valence-electron chi connectivity index (χ0n) is 13.6. The molecule has 0 unspecified atom stereocenters. The van der Waals surface area contributed by atoms with Crippen molar-refractivity contribution in [2.45, 2.75) is 31.8 Å². The summed E-state index contributed by atoms with van der Waals surface area (Å²) in [5, 5.41) is 8.56. The van der Waals surface area contributed by atoms with Gasteiger partial charge in [0.2, 0.25) is 0 Å². The van der Waals surface area contributed by atoms with E-state index in [4.69, 9.17) is 4.74 Å². The Balaban J connectivity index is 1.55. The molecule has 0 bridgehead atoms. The molecule has 3 heterocycles. The van der Waals surface area contributed by atoms with Gasteiger partial charge in [-0.3, -0.25) is 5.10 Å². The van der Waals surface area contributed by atoms with Gasteiger partial charge in [0.15, 0.2) is 0 Å². The van der Waals surface area contributed by atoms with Crippen LogP contribution in [0, 0.1) is 0 Å². The normalized spacial score (nSPS) is 18.5. The summed E-state index contributed by atoms with van der Waals surface area (Å²) in [5.41, 5.74) is 2.71. The lowest BCUT2D eigenvalue weighted by atomic mass is 10.1. The number of nitrogens with zero attached hydrogens (tertiary/aromatic N) is 4. The van der Waals surface area contributed by atoms with Crippen LogP contribution >= 0.6 is 0 Å². The minimum atomic E-state index is 0.0111. The van der Waals surface area contributed by atoms with Crippen molar-refractivity contribution in [3.63, 3.8) is 0 Å². The van der Waals surface area contributed by atoms with Crippen molar-refractivity contribution in [3.05, 3.63) is 30.6 Å². The summed E-state index contributed by atoms with van der Waals surface area (Å²) in [4.78, 5) is 11.1. The third kappa shape index (κ3) is 2.29. The Hall–Kier alpha value is -2.63. The van der Waals surface area contributed by atoms with Crippen molar-refractivity contribution in [1.82, 2.24) is 20.2 Å². The predicted molar refractivity (Wildman–Crippen MR) is 92.2 cm³/mol. The molecule has 1 aliphatic heterocycles.